The smallest absolute Gasteiger partial charge is 0.270 e. The van der Waals surface area contributed by atoms with E-state index in [-0.39, 0.29) is 42.2 Å². The molecule has 4 aromatic rings. The Hall–Kier alpha value is -4.51. The highest BCUT2D eigenvalue weighted by Gasteiger charge is 2.19. The molecule has 3 heterocycles. The van der Waals surface area contributed by atoms with E-state index in [1.165, 1.54) is 17.8 Å². The zero-order valence-electron chi connectivity index (χ0n) is 18.7. The maximum atomic E-state index is 14.6. The van der Waals surface area contributed by atoms with Crippen molar-refractivity contribution in [2.75, 3.05) is 6.79 Å². The highest BCUT2D eigenvalue weighted by Crippen LogP contribution is 2.37. The molecule has 9 nitrogen and oxygen atoms in total. The first-order valence-corrected chi connectivity index (χ1v) is 11.7. The Bertz CT molecular complexity index is 1410. The number of benzene rings is 2. The Balaban J connectivity index is 1.17. The minimum Gasteiger partial charge on any atom is -0.454 e. The summed E-state index contributed by atoms with van der Waals surface area (Å²) in [6.07, 6.45) is 1.52. The van der Waals surface area contributed by atoms with Gasteiger partial charge in [0, 0.05) is 30.9 Å². The second-order valence-electron chi connectivity index (χ2n) is 7.61. The monoisotopic (exact) mass is 506 g/mol. The normalized spacial score (nSPS) is 11.7. The van der Waals surface area contributed by atoms with E-state index >= 15 is 0 Å². The zero-order valence-corrected chi connectivity index (χ0v) is 19.5. The lowest BCUT2D eigenvalue weighted by atomic mass is 10.1. The van der Waals surface area contributed by atoms with Gasteiger partial charge in [0.2, 0.25) is 12.7 Å². The fourth-order valence-electron chi connectivity index (χ4n) is 3.38. The predicted octanol–water partition coefficient (Wildman–Crippen LogP) is 4.06. The number of hydrogen-bond acceptors (Lipinski definition) is 8. The molecule has 5 rings (SSSR count). The average molecular weight is 507 g/mol. The van der Waals surface area contributed by atoms with E-state index in [0.717, 1.165) is 11.3 Å². The van der Waals surface area contributed by atoms with Crippen molar-refractivity contribution in [3.63, 3.8) is 0 Å². The van der Waals surface area contributed by atoms with Crippen molar-refractivity contribution in [1.82, 2.24) is 20.6 Å². The summed E-state index contributed by atoms with van der Waals surface area (Å²) < 4.78 is 31.0. The van der Waals surface area contributed by atoms with Crippen LogP contribution in [0.15, 0.2) is 66.3 Å². The van der Waals surface area contributed by atoms with Crippen molar-refractivity contribution in [2.24, 2.45) is 0 Å². The average Bonchev–Trinajstić information content (AvgIpc) is 3.56. The number of ether oxygens (including phenoxy) is 3. The van der Waals surface area contributed by atoms with E-state index in [0.29, 0.717) is 28.4 Å². The third-order valence-corrected chi connectivity index (χ3v) is 6.01. The lowest BCUT2D eigenvalue weighted by molar-refractivity contribution is 0.0939. The van der Waals surface area contributed by atoms with Gasteiger partial charge < -0.3 is 24.8 Å². The Morgan fingerprint density at radius 2 is 1.83 bits per heavy atom. The van der Waals surface area contributed by atoms with Crippen LogP contribution in [-0.2, 0) is 13.1 Å². The second-order valence-corrected chi connectivity index (χ2v) is 8.46. The largest absolute Gasteiger partial charge is 0.454 e. The van der Waals surface area contributed by atoms with E-state index < -0.39 is 11.7 Å². The van der Waals surface area contributed by atoms with Gasteiger partial charge in [0.15, 0.2) is 16.4 Å². The number of rotatable bonds is 8. The Labute approximate surface area is 208 Å². The summed E-state index contributed by atoms with van der Waals surface area (Å²) in [5.74, 6) is 0.439. The number of fused-ring (bicyclic) bond motifs is 1. The summed E-state index contributed by atoms with van der Waals surface area (Å²) in [7, 11) is 0. The minimum atomic E-state index is -0.499. The van der Waals surface area contributed by atoms with Gasteiger partial charge in [0.25, 0.3) is 11.8 Å². The molecule has 0 atom stereocenters. The lowest BCUT2D eigenvalue weighted by Gasteiger charge is -2.10. The van der Waals surface area contributed by atoms with E-state index in [1.54, 1.807) is 48.5 Å². The first-order valence-electron chi connectivity index (χ1n) is 10.8. The molecule has 1 aliphatic rings. The highest BCUT2D eigenvalue weighted by molar-refractivity contribution is 7.12. The maximum Gasteiger partial charge on any atom is 0.270 e. The molecule has 2 N–H and O–H groups in total. The number of thiazole rings is 1. The summed E-state index contributed by atoms with van der Waals surface area (Å²) in [6.45, 7) is 0.244. The van der Waals surface area contributed by atoms with Gasteiger partial charge >= 0.3 is 0 Å². The number of carbonyl (C=O) groups excluding carboxylic acids is 2. The molecule has 0 bridgehead atoms. The quantitative estimate of drug-likeness (QED) is 0.371. The molecule has 0 fully saturated rings. The molecular formula is C25H19FN4O5S. The SMILES string of the molecule is O=C(NCc1ccc(CNC(=O)c2scnc2Oc2ccc3c(c2)OCO3)c(F)c1)c1ccccn1. The van der Waals surface area contributed by atoms with Gasteiger partial charge in [0.05, 0.1) is 5.51 Å². The predicted molar refractivity (Wildman–Crippen MR) is 128 cm³/mol. The number of carbonyl (C=O) groups is 2. The van der Waals surface area contributed by atoms with E-state index in [1.807, 2.05) is 0 Å². The fourth-order valence-corrected chi connectivity index (χ4v) is 4.01. The first kappa shape index (κ1) is 23.2. The molecule has 0 saturated carbocycles. The van der Waals surface area contributed by atoms with E-state index in [2.05, 4.69) is 20.6 Å². The van der Waals surface area contributed by atoms with Crippen molar-refractivity contribution in [1.29, 1.82) is 0 Å². The molecule has 0 aliphatic carbocycles. The van der Waals surface area contributed by atoms with Crippen LogP contribution in [0.25, 0.3) is 0 Å². The van der Waals surface area contributed by atoms with Gasteiger partial charge in [-0.05, 0) is 35.9 Å². The topological polar surface area (TPSA) is 112 Å². The molecule has 1 aliphatic heterocycles. The van der Waals surface area contributed by atoms with Crippen LogP contribution in [0, 0.1) is 5.82 Å². The van der Waals surface area contributed by atoms with Crippen molar-refractivity contribution in [3.05, 3.63) is 93.8 Å². The van der Waals surface area contributed by atoms with Gasteiger partial charge in [-0.15, -0.1) is 11.3 Å². The zero-order chi connectivity index (χ0) is 24.9. The van der Waals surface area contributed by atoms with Crippen LogP contribution in [0.1, 0.15) is 31.3 Å². The van der Waals surface area contributed by atoms with Crippen LogP contribution in [0.2, 0.25) is 0 Å². The number of nitrogens with one attached hydrogen (secondary N) is 2. The number of aromatic nitrogens is 2. The Morgan fingerprint density at radius 1 is 0.972 bits per heavy atom. The van der Waals surface area contributed by atoms with Crippen LogP contribution in [0.4, 0.5) is 4.39 Å². The highest BCUT2D eigenvalue weighted by atomic mass is 32.1. The minimum absolute atomic E-state index is 0.0351. The molecule has 2 aromatic heterocycles. The van der Waals surface area contributed by atoms with E-state index in [4.69, 9.17) is 14.2 Å². The third-order valence-electron chi connectivity index (χ3n) is 5.21. The molecular weight excluding hydrogens is 487 g/mol. The van der Waals surface area contributed by atoms with Crippen molar-refractivity contribution < 1.29 is 28.2 Å². The van der Waals surface area contributed by atoms with Crippen LogP contribution >= 0.6 is 11.3 Å². The molecule has 11 heteroatoms. The van der Waals surface area contributed by atoms with Crippen LogP contribution in [-0.4, -0.2) is 28.6 Å². The standard InChI is InChI=1S/C25H19FN4O5S/c26-18-9-15(11-28-23(31)19-3-1-2-8-27-19)4-5-16(18)12-29-24(32)22-25(30-13-36-22)35-17-6-7-20-21(10-17)34-14-33-20/h1-10,13H,11-12,14H2,(H,28,31)(H,29,32). The van der Waals surface area contributed by atoms with Gasteiger partial charge in [-0.2, -0.15) is 0 Å². The number of amides is 2. The van der Waals surface area contributed by atoms with Crippen LogP contribution in [0.3, 0.4) is 0 Å². The Kier molecular flexibility index (Phi) is 6.72. The van der Waals surface area contributed by atoms with Crippen LogP contribution in [0.5, 0.6) is 23.1 Å². The second kappa shape index (κ2) is 10.4. The van der Waals surface area contributed by atoms with Gasteiger partial charge in [0.1, 0.15) is 17.3 Å². The van der Waals surface area contributed by atoms with Gasteiger partial charge in [-0.25, -0.2) is 9.37 Å². The maximum absolute atomic E-state index is 14.6. The summed E-state index contributed by atoms with van der Waals surface area (Å²) in [5, 5.41) is 5.39. The Morgan fingerprint density at radius 3 is 2.67 bits per heavy atom. The number of pyridine rings is 1. The molecule has 0 spiro atoms. The molecule has 0 unspecified atom stereocenters. The molecule has 36 heavy (non-hydrogen) atoms. The van der Waals surface area contributed by atoms with Crippen molar-refractivity contribution >= 4 is 23.2 Å². The third kappa shape index (κ3) is 5.26. The number of halogens is 1. The van der Waals surface area contributed by atoms with E-state index in [9.17, 15) is 14.0 Å². The molecule has 0 saturated heterocycles. The molecule has 2 amide bonds. The summed E-state index contributed by atoms with van der Waals surface area (Å²) in [5.41, 5.74) is 2.65. The molecule has 0 radical (unpaired) electrons. The summed E-state index contributed by atoms with van der Waals surface area (Å²) in [6, 6.07) is 14.6. The van der Waals surface area contributed by atoms with Crippen molar-refractivity contribution in [2.45, 2.75) is 13.1 Å². The van der Waals surface area contributed by atoms with Crippen LogP contribution < -0.4 is 24.8 Å². The van der Waals surface area contributed by atoms with Gasteiger partial charge in [-0.3, -0.25) is 14.6 Å². The first-order chi connectivity index (χ1) is 17.6. The van der Waals surface area contributed by atoms with Gasteiger partial charge in [-0.1, -0.05) is 18.2 Å². The number of nitrogens with zero attached hydrogens (tertiary/aromatic N) is 2. The fraction of sp³-hybridized carbons (Fsp3) is 0.120. The summed E-state index contributed by atoms with van der Waals surface area (Å²) in [4.78, 5) is 33.2. The summed E-state index contributed by atoms with van der Waals surface area (Å²) >= 11 is 1.11. The molecule has 2 aromatic carbocycles. The number of hydrogen-bond donors (Lipinski definition) is 2. The van der Waals surface area contributed by atoms with Crippen molar-refractivity contribution in [3.8, 4) is 23.1 Å². The lowest BCUT2D eigenvalue weighted by Crippen LogP contribution is -2.24. The molecule has 182 valence electrons.